The van der Waals surface area contributed by atoms with Gasteiger partial charge in [-0.25, -0.2) is 0 Å². The fourth-order valence-electron chi connectivity index (χ4n) is 2.25. The summed E-state index contributed by atoms with van der Waals surface area (Å²) >= 11 is 0. The maximum Gasteiger partial charge on any atom is 0.0252 e. The predicted octanol–water partition coefficient (Wildman–Crippen LogP) is 2.35. The van der Waals surface area contributed by atoms with E-state index in [4.69, 9.17) is 0 Å². The zero-order valence-electron chi connectivity index (χ0n) is 11.1. The molecule has 0 amide bonds. The van der Waals surface area contributed by atoms with Gasteiger partial charge in [0.1, 0.15) is 0 Å². The monoisotopic (exact) mass is 212 g/mol. The molecule has 0 aromatic rings. The molecule has 1 atom stereocenters. The van der Waals surface area contributed by atoms with Crippen molar-refractivity contribution in [3.05, 3.63) is 0 Å². The topological polar surface area (TPSA) is 15.3 Å². The molecule has 0 aromatic carbocycles. The zero-order chi connectivity index (χ0) is 11.5. The Labute approximate surface area is 95.4 Å². The molecule has 1 N–H and O–H groups in total. The Morgan fingerprint density at radius 2 is 2.07 bits per heavy atom. The van der Waals surface area contributed by atoms with Crippen LogP contribution in [0.2, 0.25) is 0 Å². The summed E-state index contributed by atoms with van der Waals surface area (Å²) in [4.78, 5) is 2.63. The Bertz CT molecular complexity index is 187. The van der Waals surface area contributed by atoms with Crippen LogP contribution in [-0.4, -0.2) is 36.6 Å². The Morgan fingerprint density at radius 3 is 2.67 bits per heavy atom. The molecule has 2 nitrogen and oxygen atoms in total. The number of nitrogens with one attached hydrogen (secondary N) is 1. The molecule has 0 aromatic heterocycles. The summed E-state index contributed by atoms with van der Waals surface area (Å²) in [7, 11) is 0. The Hall–Kier alpha value is -0.0800. The van der Waals surface area contributed by atoms with Crippen LogP contribution >= 0.6 is 0 Å². The van der Waals surface area contributed by atoms with Gasteiger partial charge in [0.2, 0.25) is 0 Å². The van der Waals surface area contributed by atoms with E-state index in [1.165, 1.54) is 26.1 Å². The van der Waals surface area contributed by atoms with E-state index in [0.29, 0.717) is 0 Å². The van der Waals surface area contributed by atoms with Crippen LogP contribution in [0, 0.1) is 11.8 Å². The van der Waals surface area contributed by atoms with Gasteiger partial charge in [-0.2, -0.15) is 0 Å². The summed E-state index contributed by atoms with van der Waals surface area (Å²) in [6.45, 7) is 16.4. The lowest BCUT2D eigenvalue weighted by Gasteiger charge is -2.30. The molecule has 0 radical (unpaired) electrons. The number of rotatable bonds is 3. The second-order valence-corrected chi connectivity index (χ2v) is 6.29. The lowest BCUT2D eigenvalue weighted by molar-refractivity contribution is 0.210. The molecule has 0 spiro atoms. The highest BCUT2D eigenvalue weighted by Gasteiger charge is 2.26. The number of hydrogen-bond acceptors (Lipinski definition) is 2. The quantitative estimate of drug-likeness (QED) is 0.772. The molecule has 1 fully saturated rings. The van der Waals surface area contributed by atoms with Crippen LogP contribution < -0.4 is 5.32 Å². The Morgan fingerprint density at radius 1 is 1.40 bits per heavy atom. The van der Waals surface area contributed by atoms with Gasteiger partial charge < -0.3 is 10.2 Å². The first kappa shape index (κ1) is 13.0. The third kappa shape index (κ3) is 4.98. The SMILES string of the molecule is CC(C)CCN1CC(C)CNC(C)(C)C1. The summed E-state index contributed by atoms with van der Waals surface area (Å²) in [6, 6.07) is 0. The van der Waals surface area contributed by atoms with Crippen molar-refractivity contribution in [1.29, 1.82) is 0 Å². The van der Waals surface area contributed by atoms with Crippen molar-refractivity contribution in [3.63, 3.8) is 0 Å². The van der Waals surface area contributed by atoms with E-state index in [2.05, 4.69) is 44.8 Å². The van der Waals surface area contributed by atoms with Crippen molar-refractivity contribution in [2.45, 2.75) is 46.6 Å². The summed E-state index contributed by atoms with van der Waals surface area (Å²) in [6.07, 6.45) is 1.32. The molecular formula is C13H28N2. The smallest absolute Gasteiger partial charge is 0.0252 e. The van der Waals surface area contributed by atoms with Gasteiger partial charge in [0.05, 0.1) is 0 Å². The molecule has 0 saturated carbocycles. The third-order valence-corrected chi connectivity index (χ3v) is 3.14. The maximum absolute atomic E-state index is 3.65. The number of hydrogen-bond donors (Lipinski definition) is 1. The molecule has 1 heterocycles. The van der Waals surface area contributed by atoms with Crippen LogP contribution in [0.25, 0.3) is 0 Å². The van der Waals surface area contributed by atoms with Crippen LogP contribution in [0.5, 0.6) is 0 Å². The van der Waals surface area contributed by atoms with E-state index < -0.39 is 0 Å². The van der Waals surface area contributed by atoms with Crippen LogP contribution in [0.3, 0.4) is 0 Å². The first-order valence-electron chi connectivity index (χ1n) is 6.36. The minimum atomic E-state index is 0.280. The number of nitrogens with zero attached hydrogens (tertiary/aromatic N) is 1. The lowest BCUT2D eigenvalue weighted by atomic mass is 10.0. The fourth-order valence-corrected chi connectivity index (χ4v) is 2.25. The van der Waals surface area contributed by atoms with Crippen molar-refractivity contribution >= 4 is 0 Å². The molecule has 2 heteroatoms. The largest absolute Gasteiger partial charge is 0.310 e. The zero-order valence-corrected chi connectivity index (χ0v) is 11.1. The molecule has 15 heavy (non-hydrogen) atoms. The second kappa shape index (κ2) is 5.31. The highest BCUT2D eigenvalue weighted by Crippen LogP contribution is 2.14. The molecule has 1 aliphatic rings. The first-order valence-corrected chi connectivity index (χ1v) is 6.36. The molecule has 0 bridgehead atoms. The van der Waals surface area contributed by atoms with Crippen LogP contribution in [0.1, 0.15) is 41.0 Å². The standard InChI is InChI=1S/C13H28N2/c1-11(2)6-7-15-9-12(3)8-14-13(4,5)10-15/h11-12,14H,6-10H2,1-5H3. The summed E-state index contributed by atoms with van der Waals surface area (Å²) in [5, 5.41) is 3.65. The molecule has 1 unspecified atom stereocenters. The van der Waals surface area contributed by atoms with E-state index in [9.17, 15) is 0 Å². The van der Waals surface area contributed by atoms with E-state index in [1.807, 2.05) is 0 Å². The summed E-state index contributed by atoms with van der Waals surface area (Å²) in [5.41, 5.74) is 0.280. The molecular weight excluding hydrogens is 184 g/mol. The normalized spacial score (nSPS) is 28.0. The van der Waals surface area contributed by atoms with E-state index in [-0.39, 0.29) is 5.54 Å². The second-order valence-electron chi connectivity index (χ2n) is 6.29. The summed E-state index contributed by atoms with van der Waals surface area (Å²) < 4.78 is 0. The average Bonchev–Trinajstić information content (AvgIpc) is 2.22. The highest BCUT2D eigenvalue weighted by molar-refractivity contribution is 4.86. The van der Waals surface area contributed by atoms with Gasteiger partial charge in [-0.05, 0) is 45.2 Å². The maximum atomic E-state index is 3.65. The molecule has 90 valence electrons. The van der Waals surface area contributed by atoms with Crippen LogP contribution in [-0.2, 0) is 0 Å². The van der Waals surface area contributed by atoms with Crippen molar-refractivity contribution in [2.24, 2.45) is 11.8 Å². The third-order valence-electron chi connectivity index (χ3n) is 3.14. The predicted molar refractivity (Wildman–Crippen MR) is 67.1 cm³/mol. The van der Waals surface area contributed by atoms with Gasteiger partial charge in [0.15, 0.2) is 0 Å². The van der Waals surface area contributed by atoms with Crippen LogP contribution in [0.4, 0.5) is 0 Å². The van der Waals surface area contributed by atoms with Crippen LogP contribution in [0.15, 0.2) is 0 Å². The van der Waals surface area contributed by atoms with Gasteiger partial charge in [-0.15, -0.1) is 0 Å². The van der Waals surface area contributed by atoms with Crippen molar-refractivity contribution in [1.82, 2.24) is 10.2 Å². The molecule has 1 rings (SSSR count). The van der Waals surface area contributed by atoms with E-state index in [0.717, 1.165) is 18.4 Å². The van der Waals surface area contributed by atoms with Crippen molar-refractivity contribution < 1.29 is 0 Å². The fraction of sp³-hybridized carbons (Fsp3) is 1.00. The van der Waals surface area contributed by atoms with Gasteiger partial charge in [0.25, 0.3) is 0 Å². The minimum Gasteiger partial charge on any atom is -0.310 e. The van der Waals surface area contributed by atoms with E-state index >= 15 is 0 Å². The van der Waals surface area contributed by atoms with Gasteiger partial charge in [0, 0.05) is 18.6 Å². The molecule has 1 aliphatic heterocycles. The highest BCUT2D eigenvalue weighted by atomic mass is 15.2. The summed E-state index contributed by atoms with van der Waals surface area (Å²) in [5.74, 6) is 1.60. The molecule has 0 aliphatic carbocycles. The van der Waals surface area contributed by atoms with Crippen molar-refractivity contribution in [3.8, 4) is 0 Å². The Kier molecular flexibility index (Phi) is 4.60. The van der Waals surface area contributed by atoms with Gasteiger partial charge in [-0.1, -0.05) is 20.8 Å². The molecule has 1 saturated heterocycles. The first-order chi connectivity index (χ1) is 6.89. The van der Waals surface area contributed by atoms with E-state index in [1.54, 1.807) is 0 Å². The van der Waals surface area contributed by atoms with Gasteiger partial charge in [-0.3, -0.25) is 0 Å². The average molecular weight is 212 g/mol. The van der Waals surface area contributed by atoms with Gasteiger partial charge >= 0.3 is 0 Å². The van der Waals surface area contributed by atoms with Crippen molar-refractivity contribution in [2.75, 3.05) is 26.2 Å². The lowest BCUT2D eigenvalue weighted by Crippen LogP contribution is -2.46. The Balaban J connectivity index is 2.46. The minimum absolute atomic E-state index is 0.280.